The number of esters is 1. The number of carbonyl (C=O) groups is 2. The number of ether oxygens (including phenoxy) is 1. The van der Waals surface area contributed by atoms with Gasteiger partial charge in [-0.25, -0.2) is 13.4 Å². The van der Waals surface area contributed by atoms with Gasteiger partial charge >= 0.3 is 5.97 Å². The topological polar surface area (TPSA) is 102 Å². The van der Waals surface area contributed by atoms with Gasteiger partial charge in [0.05, 0.1) is 28.6 Å². The predicted octanol–water partition coefficient (Wildman–Crippen LogP) is 1.59. The number of aromatic nitrogens is 1. The molecule has 1 heterocycles. The molecule has 0 unspecified atom stereocenters. The summed E-state index contributed by atoms with van der Waals surface area (Å²) in [7, 11) is -2.03. The number of carbonyl (C=O) groups excluding carboxylic acids is 2. The van der Waals surface area contributed by atoms with Crippen LogP contribution in [0.5, 0.6) is 0 Å². The molecule has 22 heavy (non-hydrogen) atoms. The van der Waals surface area contributed by atoms with E-state index < -0.39 is 15.8 Å². The summed E-state index contributed by atoms with van der Waals surface area (Å²) in [6.07, 6.45) is 1.12. The Morgan fingerprint density at radius 2 is 2.05 bits per heavy atom. The number of fused-ring (bicyclic) bond motifs is 1. The number of rotatable bonds is 5. The maximum atomic E-state index is 11.7. The van der Waals surface area contributed by atoms with Crippen LogP contribution < -0.4 is 5.32 Å². The molecule has 1 aromatic carbocycles. The van der Waals surface area contributed by atoms with Crippen LogP contribution in [0.3, 0.4) is 0 Å². The van der Waals surface area contributed by atoms with E-state index in [-0.39, 0.29) is 23.6 Å². The smallest absolute Gasteiger partial charge is 0.306 e. The Balaban J connectivity index is 2.13. The summed E-state index contributed by atoms with van der Waals surface area (Å²) in [5, 5.41) is 2.94. The van der Waals surface area contributed by atoms with Crippen molar-refractivity contribution < 1.29 is 22.7 Å². The number of benzene rings is 1. The third-order valence-electron chi connectivity index (χ3n) is 2.82. The first-order chi connectivity index (χ1) is 10.3. The Bertz CT molecular complexity index is 826. The zero-order valence-electron chi connectivity index (χ0n) is 12.0. The van der Waals surface area contributed by atoms with Crippen molar-refractivity contribution in [2.45, 2.75) is 17.7 Å². The maximum absolute atomic E-state index is 11.7. The Morgan fingerprint density at radius 1 is 1.32 bits per heavy atom. The molecule has 1 amide bonds. The van der Waals surface area contributed by atoms with E-state index in [2.05, 4.69) is 15.0 Å². The minimum absolute atomic E-state index is 0.00279. The number of amides is 1. The molecule has 0 aliphatic heterocycles. The van der Waals surface area contributed by atoms with Crippen LogP contribution in [-0.4, -0.2) is 38.6 Å². The fraction of sp³-hybridized carbons (Fsp3) is 0.308. The van der Waals surface area contributed by atoms with Gasteiger partial charge in [0.1, 0.15) is 0 Å². The third-order valence-corrected chi connectivity index (χ3v) is 4.86. The zero-order valence-corrected chi connectivity index (χ0v) is 13.6. The van der Waals surface area contributed by atoms with Crippen LogP contribution in [0, 0.1) is 0 Å². The monoisotopic (exact) mass is 342 g/mol. The lowest BCUT2D eigenvalue weighted by atomic mass is 10.3. The van der Waals surface area contributed by atoms with Crippen molar-refractivity contribution in [2.75, 3.05) is 18.7 Å². The van der Waals surface area contributed by atoms with Crippen molar-refractivity contribution in [3.8, 4) is 0 Å². The first-order valence-corrected chi connectivity index (χ1v) is 8.97. The summed E-state index contributed by atoms with van der Waals surface area (Å²) in [6, 6.07) is 4.58. The van der Waals surface area contributed by atoms with E-state index in [1.807, 2.05) is 0 Å². The molecule has 9 heteroatoms. The number of thiazole rings is 1. The summed E-state index contributed by atoms with van der Waals surface area (Å²) >= 11 is 1.17. The molecule has 2 rings (SSSR count). The highest BCUT2D eigenvalue weighted by Gasteiger charge is 2.13. The summed E-state index contributed by atoms with van der Waals surface area (Å²) in [4.78, 5) is 27.1. The largest absolute Gasteiger partial charge is 0.469 e. The molecule has 0 saturated carbocycles. The third kappa shape index (κ3) is 4.01. The first-order valence-electron chi connectivity index (χ1n) is 6.27. The van der Waals surface area contributed by atoms with Crippen LogP contribution in [0.15, 0.2) is 23.1 Å². The second-order valence-electron chi connectivity index (χ2n) is 4.55. The normalized spacial score (nSPS) is 11.4. The van der Waals surface area contributed by atoms with Gasteiger partial charge in [0, 0.05) is 12.7 Å². The van der Waals surface area contributed by atoms with Crippen LogP contribution in [0.4, 0.5) is 5.13 Å². The van der Waals surface area contributed by atoms with E-state index in [1.54, 1.807) is 6.07 Å². The molecule has 0 bridgehead atoms. The van der Waals surface area contributed by atoms with Gasteiger partial charge in [-0.3, -0.25) is 9.59 Å². The second kappa shape index (κ2) is 6.41. The lowest BCUT2D eigenvalue weighted by molar-refractivity contribution is -0.141. The molecule has 1 aromatic heterocycles. The number of nitrogens with zero attached hydrogens (tertiary/aromatic N) is 1. The highest BCUT2D eigenvalue weighted by Crippen LogP contribution is 2.28. The number of nitrogens with one attached hydrogen (secondary N) is 1. The molecule has 0 spiro atoms. The summed E-state index contributed by atoms with van der Waals surface area (Å²) in [5.41, 5.74) is 0.598. The van der Waals surface area contributed by atoms with Crippen LogP contribution >= 0.6 is 11.3 Å². The van der Waals surface area contributed by atoms with Crippen molar-refractivity contribution >= 4 is 48.4 Å². The molecular weight excluding hydrogens is 328 g/mol. The van der Waals surface area contributed by atoms with Crippen molar-refractivity contribution in [2.24, 2.45) is 0 Å². The van der Waals surface area contributed by atoms with E-state index >= 15 is 0 Å². The van der Waals surface area contributed by atoms with Crippen LogP contribution in [0.2, 0.25) is 0 Å². The molecule has 0 saturated heterocycles. The average Bonchev–Trinajstić information content (AvgIpc) is 2.84. The quantitative estimate of drug-likeness (QED) is 0.828. The van der Waals surface area contributed by atoms with Crippen LogP contribution in [-0.2, 0) is 24.2 Å². The van der Waals surface area contributed by atoms with E-state index in [0.717, 1.165) is 6.26 Å². The van der Waals surface area contributed by atoms with Crippen molar-refractivity contribution in [3.05, 3.63) is 18.2 Å². The van der Waals surface area contributed by atoms with Gasteiger partial charge in [0.15, 0.2) is 15.0 Å². The van der Waals surface area contributed by atoms with E-state index in [1.165, 1.54) is 30.6 Å². The van der Waals surface area contributed by atoms with Crippen molar-refractivity contribution in [1.29, 1.82) is 0 Å². The average molecular weight is 342 g/mol. The minimum atomic E-state index is -3.29. The predicted molar refractivity (Wildman–Crippen MR) is 82.6 cm³/mol. The standard InChI is InChI=1S/C13H14N2O5S2/c1-20-12(17)6-5-11(16)15-13-14-9-4-3-8(22(2,18)19)7-10(9)21-13/h3-4,7H,5-6H2,1-2H3,(H,14,15,16). The van der Waals surface area contributed by atoms with Gasteiger partial charge < -0.3 is 10.1 Å². The van der Waals surface area contributed by atoms with Crippen LogP contribution in [0.1, 0.15) is 12.8 Å². The van der Waals surface area contributed by atoms with Gasteiger partial charge in [-0.1, -0.05) is 11.3 Å². The van der Waals surface area contributed by atoms with E-state index in [0.29, 0.717) is 15.3 Å². The van der Waals surface area contributed by atoms with Gasteiger partial charge in [-0.2, -0.15) is 0 Å². The van der Waals surface area contributed by atoms with E-state index in [4.69, 9.17) is 0 Å². The molecule has 0 radical (unpaired) electrons. The number of hydrogen-bond acceptors (Lipinski definition) is 7. The van der Waals surface area contributed by atoms with Crippen molar-refractivity contribution in [3.63, 3.8) is 0 Å². The summed E-state index contributed by atoms with van der Waals surface area (Å²) < 4.78 is 28.1. The van der Waals surface area contributed by atoms with Gasteiger partial charge in [0.2, 0.25) is 5.91 Å². The molecule has 118 valence electrons. The Kier molecular flexibility index (Phi) is 4.77. The van der Waals surface area contributed by atoms with Crippen molar-refractivity contribution in [1.82, 2.24) is 4.98 Å². The number of hydrogen-bond donors (Lipinski definition) is 1. The SMILES string of the molecule is COC(=O)CCC(=O)Nc1nc2ccc(S(C)(=O)=O)cc2s1. The Morgan fingerprint density at radius 3 is 2.68 bits per heavy atom. The van der Waals surface area contributed by atoms with Gasteiger partial charge in [0.25, 0.3) is 0 Å². The molecule has 0 fully saturated rings. The second-order valence-corrected chi connectivity index (χ2v) is 7.59. The minimum Gasteiger partial charge on any atom is -0.469 e. The highest BCUT2D eigenvalue weighted by molar-refractivity contribution is 7.90. The molecule has 7 nitrogen and oxygen atoms in total. The molecule has 0 aliphatic rings. The fourth-order valence-electron chi connectivity index (χ4n) is 1.69. The lowest BCUT2D eigenvalue weighted by Crippen LogP contribution is -2.13. The molecule has 1 N–H and O–H groups in total. The Labute approximate surface area is 131 Å². The van der Waals surface area contributed by atoms with Crippen LogP contribution in [0.25, 0.3) is 10.2 Å². The first kappa shape index (κ1) is 16.4. The lowest BCUT2D eigenvalue weighted by Gasteiger charge is -2.00. The highest BCUT2D eigenvalue weighted by atomic mass is 32.2. The zero-order chi connectivity index (χ0) is 16.3. The Hall–Kier alpha value is -2.00. The molecule has 0 atom stereocenters. The summed E-state index contributed by atoms with van der Waals surface area (Å²) in [5.74, 6) is -0.815. The molecule has 0 aliphatic carbocycles. The number of anilines is 1. The van der Waals surface area contributed by atoms with Gasteiger partial charge in [-0.05, 0) is 18.2 Å². The van der Waals surface area contributed by atoms with E-state index in [9.17, 15) is 18.0 Å². The maximum Gasteiger partial charge on any atom is 0.306 e. The summed E-state index contributed by atoms with van der Waals surface area (Å²) in [6.45, 7) is 0. The van der Waals surface area contributed by atoms with Gasteiger partial charge in [-0.15, -0.1) is 0 Å². The molecular formula is C13H14N2O5S2. The molecule has 2 aromatic rings. The fourth-order valence-corrected chi connectivity index (χ4v) is 3.33. The number of methoxy groups -OCH3 is 1. The number of sulfone groups is 1.